The van der Waals surface area contributed by atoms with Crippen LogP contribution in [0.2, 0.25) is 0 Å². The molecular weight excluding hydrogens is 276 g/mol. The predicted octanol–water partition coefficient (Wildman–Crippen LogP) is 0.671. The van der Waals surface area contributed by atoms with E-state index >= 15 is 0 Å². The molecule has 0 atom stereocenters. The van der Waals surface area contributed by atoms with E-state index in [1.54, 1.807) is 4.68 Å². The number of carbonyl (C=O) groups is 1. The highest BCUT2D eigenvalue weighted by molar-refractivity contribution is 7.99. The van der Waals surface area contributed by atoms with Gasteiger partial charge in [0.1, 0.15) is 0 Å². The van der Waals surface area contributed by atoms with Crippen molar-refractivity contribution >= 4 is 23.4 Å². The zero-order valence-electron chi connectivity index (χ0n) is 11.1. The zero-order chi connectivity index (χ0) is 14.4. The Morgan fingerprint density at radius 3 is 2.85 bits per heavy atom. The molecule has 0 saturated carbocycles. The number of aromatic nitrogens is 4. The first-order chi connectivity index (χ1) is 9.69. The summed E-state index contributed by atoms with van der Waals surface area (Å²) in [5.41, 5.74) is 7.39. The summed E-state index contributed by atoms with van der Waals surface area (Å²) in [4.78, 5) is 11.8. The summed E-state index contributed by atoms with van der Waals surface area (Å²) in [5, 5.41) is 14.6. The van der Waals surface area contributed by atoms with Crippen LogP contribution in [0.5, 0.6) is 0 Å². The Balaban J connectivity index is 1.85. The normalized spacial score (nSPS) is 10.5. The van der Waals surface area contributed by atoms with Crippen LogP contribution >= 0.6 is 11.8 Å². The number of carbonyl (C=O) groups excluding carboxylic acids is 1. The lowest BCUT2D eigenvalue weighted by atomic mass is 10.2. The third kappa shape index (κ3) is 4.04. The van der Waals surface area contributed by atoms with Crippen molar-refractivity contribution in [3.05, 3.63) is 29.8 Å². The number of amides is 1. The lowest BCUT2D eigenvalue weighted by molar-refractivity contribution is -0.113. The van der Waals surface area contributed by atoms with Crippen LogP contribution in [0.3, 0.4) is 0 Å². The van der Waals surface area contributed by atoms with Gasteiger partial charge in [0, 0.05) is 12.2 Å². The van der Waals surface area contributed by atoms with Crippen LogP contribution in [0.4, 0.5) is 5.69 Å². The minimum atomic E-state index is -0.0962. The molecule has 3 N–H and O–H groups in total. The largest absolute Gasteiger partial charge is 0.329 e. The van der Waals surface area contributed by atoms with Crippen molar-refractivity contribution in [3.63, 3.8) is 0 Å². The van der Waals surface area contributed by atoms with Crippen LogP contribution in [-0.2, 0) is 11.3 Å². The number of hydrogen-bond donors (Lipinski definition) is 2. The molecule has 0 saturated heterocycles. The standard InChI is InChI=1S/C12H16N6OS/c1-9-2-4-10(5-3-9)14-11(19)8-20-12-15-16-17-18(12)7-6-13/h2-5H,6-8,13H2,1H3,(H,14,19). The smallest absolute Gasteiger partial charge is 0.234 e. The Labute approximate surface area is 120 Å². The van der Waals surface area contributed by atoms with Gasteiger partial charge in [0.2, 0.25) is 11.1 Å². The Morgan fingerprint density at radius 1 is 1.40 bits per heavy atom. The molecule has 2 rings (SSSR count). The van der Waals surface area contributed by atoms with Crippen molar-refractivity contribution in [3.8, 4) is 0 Å². The number of nitrogens with zero attached hydrogens (tertiary/aromatic N) is 4. The van der Waals surface area contributed by atoms with Gasteiger partial charge in [-0.15, -0.1) is 5.10 Å². The van der Waals surface area contributed by atoms with Crippen LogP contribution in [-0.4, -0.2) is 38.4 Å². The predicted molar refractivity (Wildman–Crippen MR) is 77.4 cm³/mol. The first kappa shape index (κ1) is 14.5. The van der Waals surface area contributed by atoms with Crippen LogP contribution in [0, 0.1) is 6.92 Å². The molecule has 0 aliphatic carbocycles. The highest BCUT2D eigenvalue weighted by Gasteiger charge is 2.09. The van der Waals surface area contributed by atoms with Crippen molar-refractivity contribution in [2.45, 2.75) is 18.6 Å². The molecule has 106 valence electrons. The summed E-state index contributed by atoms with van der Waals surface area (Å²) in [6.45, 7) is 2.99. The van der Waals surface area contributed by atoms with Gasteiger partial charge in [-0.25, -0.2) is 4.68 Å². The van der Waals surface area contributed by atoms with Gasteiger partial charge in [-0.3, -0.25) is 4.79 Å². The fraction of sp³-hybridized carbons (Fsp3) is 0.333. The molecule has 0 unspecified atom stereocenters. The summed E-state index contributed by atoms with van der Waals surface area (Å²) in [5.74, 6) is 0.153. The summed E-state index contributed by atoms with van der Waals surface area (Å²) in [6, 6.07) is 7.64. The summed E-state index contributed by atoms with van der Waals surface area (Å²) < 4.78 is 1.59. The maximum atomic E-state index is 11.8. The number of thioether (sulfide) groups is 1. The molecule has 0 aliphatic heterocycles. The van der Waals surface area contributed by atoms with Crippen LogP contribution < -0.4 is 11.1 Å². The summed E-state index contributed by atoms with van der Waals surface area (Å²) >= 11 is 1.28. The number of anilines is 1. The fourth-order valence-electron chi connectivity index (χ4n) is 1.53. The maximum absolute atomic E-state index is 11.8. The molecule has 20 heavy (non-hydrogen) atoms. The first-order valence-electron chi connectivity index (χ1n) is 6.14. The second-order valence-corrected chi connectivity index (χ2v) is 5.12. The average Bonchev–Trinajstić information content (AvgIpc) is 2.87. The van der Waals surface area contributed by atoms with Gasteiger partial charge >= 0.3 is 0 Å². The van der Waals surface area contributed by atoms with Crippen LogP contribution in [0.25, 0.3) is 0 Å². The highest BCUT2D eigenvalue weighted by atomic mass is 32.2. The topological polar surface area (TPSA) is 98.7 Å². The summed E-state index contributed by atoms with van der Waals surface area (Å²) in [6.07, 6.45) is 0. The number of tetrazole rings is 1. The van der Waals surface area contributed by atoms with Gasteiger partial charge < -0.3 is 11.1 Å². The number of hydrogen-bond acceptors (Lipinski definition) is 6. The van der Waals surface area contributed by atoms with E-state index in [4.69, 9.17) is 5.73 Å². The molecule has 1 amide bonds. The second-order valence-electron chi connectivity index (χ2n) is 4.18. The number of nitrogens with one attached hydrogen (secondary N) is 1. The number of rotatable bonds is 6. The van der Waals surface area contributed by atoms with Crippen molar-refractivity contribution < 1.29 is 4.79 Å². The Hall–Kier alpha value is -1.93. The lowest BCUT2D eigenvalue weighted by Gasteiger charge is -2.05. The first-order valence-corrected chi connectivity index (χ1v) is 7.13. The monoisotopic (exact) mass is 292 g/mol. The Morgan fingerprint density at radius 2 is 2.15 bits per heavy atom. The molecule has 7 nitrogen and oxygen atoms in total. The van der Waals surface area contributed by atoms with Crippen LogP contribution in [0.1, 0.15) is 5.56 Å². The molecular formula is C12H16N6OS. The molecule has 2 aromatic rings. The van der Waals surface area contributed by atoms with E-state index in [0.29, 0.717) is 18.2 Å². The Bertz CT molecular complexity index is 568. The third-order valence-electron chi connectivity index (χ3n) is 2.51. The van der Waals surface area contributed by atoms with Crippen molar-refractivity contribution in [1.29, 1.82) is 0 Å². The van der Waals surface area contributed by atoms with E-state index in [2.05, 4.69) is 20.8 Å². The molecule has 1 aromatic heterocycles. The third-order valence-corrected chi connectivity index (χ3v) is 3.46. The SMILES string of the molecule is Cc1ccc(NC(=O)CSc2nnnn2CCN)cc1. The van der Waals surface area contributed by atoms with E-state index in [1.165, 1.54) is 11.8 Å². The molecule has 1 heterocycles. The van der Waals surface area contributed by atoms with Crippen molar-refractivity contribution in [2.24, 2.45) is 5.73 Å². The maximum Gasteiger partial charge on any atom is 0.234 e. The number of aryl methyl sites for hydroxylation is 1. The van der Waals surface area contributed by atoms with Gasteiger partial charge in [0.05, 0.1) is 12.3 Å². The van der Waals surface area contributed by atoms with Gasteiger partial charge in [-0.2, -0.15) is 0 Å². The van der Waals surface area contributed by atoms with Gasteiger partial charge in [0.15, 0.2) is 0 Å². The average molecular weight is 292 g/mol. The van der Waals surface area contributed by atoms with Gasteiger partial charge in [-0.1, -0.05) is 29.5 Å². The second kappa shape index (κ2) is 7.01. The molecule has 0 fully saturated rings. The van der Waals surface area contributed by atoms with Gasteiger partial charge in [-0.05, 0) is 29.5 Å². The van der Waals surface area contributed by atoms with E-state index in [-0.39, 0.29) is 11.7 Å². The molecule has 0 aliphatic rings. The van der Waals surface area contributed by atoms with Crippen LogP contribution in [0.15, 0.2) is 29.4 Å². The zero-order valence-corrected chi connectivity index (χ0v) is 11.9. The number of nitrogens with two attached hydrogens (primary N) is 1. The fourth-order valence-corrected chi connectivity index (χ4v) is 2.23. The van der Waals surface area contributed by atoms with E-state index in [0.717, 1.165) is 11.3 Å². The quantitative estimate of drug-likeness (QED) is 0.759. The number of benzene rings is 1. The minimum absolute atomic E-state index is 0.0962. The minimum Gasteiger partial charge on any atom is -0.329 e. The molecule has 0 spiro atoms. The van der Waals surface area contributed by atoms with Crippen molar-refractivity contribution in [2.75, 3.05) is 17.6 Å². The van der Waals surface area contributed by atoms with E-state index in [9.17, 15) is 4.79 Å². The lowest BCUT2D eigenvalue weighted by Crippen LogP contribution is -2.16. The van der Waals surface area contributed by atoms with Gasteiger partial charge in [0.25, 0.3) is 0 Å². The molecule has 1 aromatic carbocycles. The molecule has 0 bridgehead atoms. The van der Waals surface area contributed by atoms with Crippen molar-refractivity contribution in [1.82, 2.24) is 20.2 Å². The van der Waals surface area contributed by atoms with E-state index < -0.39 is 0 Å². The molecule has 8 heteroatoms. The Kier molecular flexibility index (Phi) is 5.08. The van der Waals surface area contributed by atoms with E-state index in [1.807, 2.05) is 31.2 Å². The highest BCUT2D eigenvalue weighted by Crippen LogP contribution is 2.14. The molecule has 0 radical (unpaired) electrons. The summed E-state index contributed by atoms with van der Waals surface area (Å²) in [7, 11) is 0.